The summed E-state index contributed by atoms with van der Waals surface area (Å²) in [6.45, 7) is 1.97. The first-order valence-corrected chi connectivity index (χ1v) is 6.23. The molecular formula is C13H19N3O. The Bertz CT molecular complexity index is 435. The predicted octanol–water partition coefficient (Wildman–Crippen LogP) is 1.06. The summed E-state index contributed by atoms with van der Waals surface area (Å²) in [5.41, 5.74) is 13.9. The van der Waals surface area contributed by atoms with Crippen molar-refractivity contribution in [1.82, 2.24) is 0 Å². The van der Waals surface area contributed by atoms with Crippen LogP contribution in [0, 0.1) is 11.8 Å². The lowest BCUT2D eigenvalue weighted by Crippen LogP contribution is -2.24. The summed E-state index contributed by atoms with van der Waals surface area (Å²) >= 11 is 0. The van der Waals surface area contributed by atoms with Gasteiger partial charge < -0.3 is 21.5 Å². The number of hydrogen-bond donors (Lipinski definition) is 3. The fourth-order valence-corrected chi connectivity index (χ4v) is 3.21. The van der Waals surface area contributed by atoms with Gasteiger partial charge in [-0.2, -0.15) is 0 Å². The summed E-state index contributed by atoms with van der Waals surface area (Å²) in [7, 11) is 0. The van der Waals surface area contributed by atoms with Crippen molar-refractivity contribution in [3.63, 3.8) is 0 Å². The molecule has 4 heteroatoms. The predicted molar refractivity (Wildman–Crippen MR) is 69.7 cm³/mol. The molecule has 1 heterocycles. The zero-order chi connectivity index (χ0) is 12.0. The minimum atomic E-state index is -0.115. The Morgan fingerprint density at radius 3 is 2.65 bits per heavy atom. The molecular weight excluding hydrogens is 214 g/mol. The monoisotopic (exact) mass is 233 g/mol. The van der Waals surface area contributed by atoms with Crippen LogP contribution in [0.3, 0.4) is 0 Å². The Labute approximate surface area is 101 Å². The van der Waals surface area contributed by atoms with Crippen molar-refractivity contribution in [2.75, 3.05) is 29.5 Å². The fourth-order valence-electron chi connectivity index (χ4n) is 3.21. The molecule has 2 fully saturated rings. The lowest BCUT2D eigenvalue weighted by molar-refractivity contribution is 0.133. The fraction of sp³-hybridized carbons (Fsp3) is 0.538. The molecule has 0 spiro atoms. The van der Waals surface area contributed by atoms with Gasteiger partial charge in [0, 0.05) is 24.7 Å². The molecule has 4 nitrogen and oxygen atoms in total. The van der Waals surface area contributed by atoms with Crippen LogP contribution in [0.5, 0.6) is 0 Å². The van der Waals surface area contributed by atoms with Crippen molar-refractivity contribution in [2.45, 2.75) is 18.9 Å². The van der Waals surface area contributed by atoms with E-state index >= 15 is 0 Å². The third kappa shape index (κ3) is 1.72. The first kappa shape index (κ1) is 10.7. The van der Waals surface area contributed by atoms with Gasteiger partial charge in [0.25, 0.3) is 0 Å². The molecule has 0 aromatic heterocycles. The van der Waals surface area contributed by atoms with Gasteiger partial charge in [-0.05, 0) is 37.0 Å². The third-order valence-electron chi connectivity index (χ3n) is 4.25. The maximum Gasteiger partial charge on any atom is 0.0588 e. The molecule has 1 aliphatic carbocycles. The number of aliphatic hydroxyl groups is 1. The Morgan fingerprint density at radius 2 is 1.94 bits per heavy atom. The Morgan fingerprint density at radius 1 is 1.12 bits per heavy atom. The second-order valence-corrected chi connectivity index (χ2v) is 5.29. The van der Waals surface area contributed by atoms with Crippen molar-refractivity contribution < 1.29 is 5.11 Å². The molecule has 1 aromatic rings. The zero-order valence-corrected chi connectivity index (χ0v) is 9.84. The maximum atomic E-state index is 9.89. The van der Waals surface area contributed by atoms with E-state index in [0.29, 0.717) is 23.2 Å². The molecule has 0 amide bonds. The smallest absolute Gasteiger partial charge is 0.0588 e. The molecule has 1 saturated carbocycles. The van der Waals surface area contributed by atoms with Crippen LogP contribution in [0.15, 0.2) is 18.2 Å². The van der Waals surface area contributed by atoms with Crippen molar-refractivity contribution in [3.8, 4) is 0 Å². The van der Waals surface area contributed by atoms with Crippen LogP contribution in [0.4, 0.5) is 17.1 Å². The number of nitrogens with two attached hydrogens (primary N) is 2. The van der Waals surface area contributed by atoms with Gasteiger partial charge in [0.15, 0.2) is 0 Å². The van der Waals surface area contributed by atoms with Gasteiger partial charge in [-0.1, -0.05) is 0 Å². The average Bonchev–Trinajstić information content (AvgIpc) is 2.86. The van der Waals surface area contributed by atoms with E-state index in [1.54, 1.807) is 0 Å². The van der Waals surface area contributed by atoms with E-state index in [9.17, 15) is 5.11 Å². The number of nitrogen functional groups attached to an aromatic ring is 2. The second-order valence-electron chi connectivity index (χ2n) is 5.29. The standard InChI is InChI=1S/C13H19N3O/c14-11-3-2-9(5-12(11)15)16-6-8-1-4-13(17)10(8)7-16/h2-3,5,8,10,13,17H,1,4,6-7,14-15H2. The topological polar surface area (TPSA) is 75.5 Å². The molecule has 3 atom stereocenters. The van der Waals surface area contributed by atoms with E-state index in [-0.39, 0.29) is 6.10 Å². The van der Waals surface area contributed by atoms with Gasteiger partial charge in [-0.3, -0.25) is 0 Å². The molecule has 17 heavy (non-hydrogen) atoms. The Kier molecular flexibility index (Phi) is 2.40. The van der Waals surface area contributed by atoms with Gasteiger partial charge in [0.05, 0.1) is 17.5 Å². The van der Waals surface area contributed by atoms with Crippen molar-refractivity contribution >= 4 is 17.1 Å². The minimum Gasteiger partial charge on any atom is -0.397 e. The molecule has 0 bridgehead atoms. The summed E-state index contributed by atoms with van der Waals surface area (Å²) < 4.78 is 0. The molecule has 3 rings (SSSR count). The number of fused-ring (bicyclic) bond motifs is 1. The summed E-state index contributed by atoms with van der Waals surface area (Å²) in [6.07, 6.45) is 2.00. The van der Waals surface area contributed by atoms with E-state index in [1.807, 2.05) is 18.2 Å². The number of anilines is 3. The Balaban J connectivity index is 1.80. The molecule has 1 aromatic carbocycles. The van der Waals surface area contributed by atoms with Crippen molar-refractivity contribution in [3.05, 3.63) is 18.2 Å². The van der Waals surface area contributed by atoms with E-state index in [0.717, 1.165) is 31.6 Å². The lowest BCUT2D eigenvalue weighted by Gasteiger charge is -2.21. The second kappa shape index (κ2) is 3.81. The van der Waals surface area contributed by atoms with Crippen molar-refractivity contribution in [1.29, 1.82) is 0 Å². The van der Waals surface area contributed by atoms with E-state index in [4.69, 9.17) is 11.5 Å². The van der Waals surface area contributed by atoms with Crippen LogP contribution < -0.4 is 16.4 Å². The number of aliphatic hydroxyl groups excluding tert-OH is 1. The summed E-state index contributed by atoms with van der Waals surface area (Å²) in [5.74, 6) is 1.08. The largest absolute Gasteiger partial charge is 0.397 e. The molecule has 1 saturated heterocycles. The molecule has 2 aliphatic rings. The highest BCUT2D eigenvalue weighted by Crippen LogP contribution is 2.40. The van der Waals surface area contributed by atoms with Gasteiger partial charge in [0.2, 0.25) is 0 Å². The highest BCUT2D eigenvalue weighted by Gasteiger charge is 2.41. The molecule has 0 radical (unpaired) electrons. The number of hydrogen-bond acceptors (Lipinski definition) is 4. The van der Waals surface area contributed by atoms with Crippen LogP contribution in [-0.2, 0) is 0 Å². The number of rotatable bonds is 1. The van der Waals surface area contributed by atoms with Gasteiger partial charge in [0.1, 0.15) is 0 Å². The van der Waals surface area contributed by atoms with Crippen LogP contribution >= 0.6 is 0 Å². The summed E-state index contributed by atoms with van der Waals surface area (Å²) in [5, 5.41) is 9.89. The Hall–Kier alpha value is -1.42. The molecule has 92 valence electrons. The van der Waals surface area contributed by atoms with Gasteiger partial charge in [-0.25, -0.2) is 0 Å². The van der Waals surface area contributed by atoms with Crippen molar-refractivity contribution in [2.24, 2.45) is 11.8 Å². The quantitative estimate of drug-likeness (QED) is 0.634. The highest BCUT2D eigenvalue weighted by molar-refractivity contribution is 5.70. The third-order valence-corrected chi connectivity index (χ3v) is 4.25. The van der Waals surface area contributed by atoms with Gasteiger partial charge >= 0.3 is 0 Å². The SMILES string of the molecule is Nc1ccc(N2CC3CCC(O)C3C2)cc1N. The average molecular weight is 233 g/mol. The van der Waals surface area contributed by atoms with Crippen LogP contribution in [-0.4, -0.2) is 24.3 Å². The maximum absolute atomic E-state index is 9.89. The normalized spacial score (nSPS) is 31.8. The number of nitrogens with zero attached hydrogens (tertiary/aromatic N) is 1. The minimum absolute atomic E-state index is 0.115. The molecule has 5 N–H and O–H groups in total. The summed E-state index contributed by atoms with van der Waals surface area (Å²) in [6, 6.07) is 5.80. The van der Waals surface area contributed by atoms with E-state index in [1.165, 1.54) is 0 Å². The van der Waals surface area contributed by atoms with Crippen LogP contribution in [0.25, 0.3) is 0 Å². The summed E-state index contributed by atoms with van der Waals surface area (Å²) in [4.78, 5) is 2.31. The number of benzene rings is 1. The highest BCUT2D eigenvalue weighted by atomic mass is 16.3. The molecule has 1 aliphatic heterocycles. The van der Waals surface area contributed by atoms with Crippen LogP contribution in [0.1, 0.15) is 12.8 Å². The lowest BCUT2D eigenvalue weighted by atomic mass is 10.00. The van der Waals surface area contributed by atoms with E-state index in [2.05, 4.69) is 4.90 Å². The van der Waals surface area contributed by atoms with Gasteiger partial charge in [-0.15, -0.1) is 0 Å². The van der Waals surface area contributed by atoms with E-state index < -0.39 is 0 Å². The van der Waals surface area contributed by atoms with Crippen LogP contribution in [0.2, 0.25) is 0 Å². The first-order valence-electron chi connectivity index (χ1n) is 6.23. The molecule has 3 unspecified atom stereocenters. The first-order chi connectivity index (χ1) is 8.15. The zero-order valence-electron chi connectivity index (χ0n) is 9.84.